The number of allylic oxidation sites excluding steroid dienone is 14. The van der Waals surface area contributed by atoms with Gasteiger partial charge < -0.3 is 25.2 Å². The Morgan fingerprint density at radius 2 is 0.921 bits per heavy atom. The molecule has 0 saturated carbocycles. The highest BCUT2D eigenvalue weighted by molar-refractivity contribution is 7.47. The maximum Gasteiger partial charge on any atom is 0.472 e. The van der Waals surface area contributed by atoms with E-state index in [9.17, 15) is 34.1 Å². The van der Waals surface area contributed by atoms with Crippen LogP contribution in [-0.2, 0) is 32.7 Å². The van der Waals surface area contributed by atoms with Crippen LogP contribution < -0.4 is 5.32 Å². The molecule has 0 aromatic carbocycles. The summed E-state index contributed by atoms with van der Waals surface area (Å²) in [4.78, 5) is 46.1. The molecule has 0 aliphatic carbocycles. The Labute approximate surface area is 381 Å². The lowest BCUT2D eigenvalue weighted by Crippen LogP contribution is -2.43. The van der Waals surface area contributed by atoms with Crippen LogP contribution in [0.15, 0.2) is 85.1 Å². The summed E-state index contributed by atoms with van der Waals surface area (Å²) in [7, 11) is -4.77. The van der Waals surface area contributed by atoms with Crippen molar-refractivity contribution >= 4 is 25.7 Å². The highest BCUT2D eigenvalue weighted by atomic mass is 31.2. The maximum absolute atomic E-state index is 12.3. The molecule has 3 atom stereocenters. The zero-order valence-electron chi connectivity index (χ0n) is 39.1. The molecular weight excluding hydrogens is 818 g/mol. The van der Waals surface area contributed by atoms with E-state index in [2.05, 4.69) is 104 Å². The molecule has 360 valence electrons. The number of amides is 1. The zero-order chi connectivity index (χ0) is 46.3. The number of phosphoric acid groups is 1. The van der Waals surface area contributed by atoms with Crippen molar-refractivity contribution < 1.29 is 47.8 Å². The first kappa shape index (κ1) is 59.7. The lowest BCUT2D eigenvalue weighted by Gasteiger charge is -2.18. The summed E-state index contributed by atoms with van der Waals surface area (Å²) in [5.41, 5.74) is 0. The van der Waals surface area contributed by atoms with E-state index < -0.39 is 57.6 Å². The Bertz CT molecular complexity index is 1390. The maximum atomic E-state index is 12.3. The van der Waals surface area contributed by atoms with E-state index in [4.69, 9.17) is 13.8 Å². The standard InChI is InChI=1S/C51H86NO10P/c1-3-5-7-9-11-13-15-17-19-21-23-24-25-26-28-30-32-34-36-38-40-42-49(54)52-48(51(56)57)46-62-63(58,59)61-45-47(53)44-60-50(55)43-41-39-37-35-33-31-29-27-22-20-18-16-14-12-10-8-6-4-2/h5,7,11,13-14,16-17,19-20,22-24,26,28,47-48,53H,3-4,6,8-10,12,15,18,21,25,27,29-46H2,1-2H3,(H,52,54)(H,56,57)(H,58,59)/b7-5-,13-11-,16-14-,19-17-,22-20-,24-23-,28-26-. The SMILES string of the molecule is CC/C=C\C/C=C\C/C=C\C/C=C\C/C=C\CCCCCCCC(=O)NC(COP(=O)(O)OCC(O)COC(=O)CCCCCCCCC/C=C\C/C=C\CCCCCC)C(=O)O. The van der Waals surface area contributed by atoms with E-state index in [-0.39, 0.29) is 12.8 Å². The fraction of sp³-hybridized carbons (Fsp3) is 0.667. The number of phosphoric ester groups is 1. The molecule has 0 bridgehead atoms. The van der Waals surface area contributed by atoms with Crippen LogP contribution >= 0.6 is 7.82 Å². The number of unbranched alkanes of at least 4 members (excludes halogenated alkanes) is 16. The Kier molecular flexibility index (Phi) is 42.8. The van der Waals surface area contributed by atoms with Gasteiger partial charge in [-0.3, -0.25) is 18.6 Å². The Morgan fingerprint density at radius 1 is 0.524 bits per heavy atom. The monoisotopic (exact) mass is 904 g/mol. The normalized spacial score (nSPS) is 14.3. The van der Waals surface area contributed by atoms with Gasteiger partial charge in [0.05, 0.1) is 13.2 Å². The molecule has 0 spiro atoms. The van der Waals surface area contributed by atoms with Crippen LogP contribution in [0.25, 0.3) is 0 Å². The predicted molar refractivity (Wildman–Crippen MR) is 258 cm³/mol. The summed E-state index contributed by atoms with van der Waals surface area (Å²) in [6, 6.07) is -1.56. The van der Waals surface area contributed by atoms with Gasteiger partial charge in [-0.15, -0.1) is 0 Å². The number of nitrogens with one attached hydrogen (secondary N) is 1. The topological polar surface area (TPSA) is 169 Å². The number of aliphatic hydroxyl groups excluding tert-OH is 1. The van der Waals surface area contributed by atoms with E-state index in [1.807, 2.05) is 0 Å². The molecule has 0 heterocycles. The lowest BCUT2D eigenvalue weighted by molar-refractivity contribution is -0.147. The highest BCUT2D eigenvalue weighted by Crippen LogP contribution is 2.43. The van der Waals surface area contributed by atoms with E-state index in [0.717, 1.165) is 96.3 Å². The molecule has 3 unspecified atom stereocenters. The average molecular weight is 904 g/mol. The van der Waals surface area contributed by atoms with Gasteiger partial charge in [-0.1, -0.05) is 170 Å². The van der Waals surface area contributed by atoms with Crippen LogP contribution in [0.3, 0.4) is 0 Å². The van der Waals surface area contributed by atoms with Crippen LogP contribution in [0, 0.1) is 0 Å². The summed E-state index contributed by atoms with van der Waals surface area (Å²) < 4.78 is 26.9. The van der Waals surface area contributed by atoms with Crippen molar-refractivity contribution in [3.05, 3.63) is 85.1 Å². The van der Waals surface area contributed by atoms with E-state index in [0.29, 0.717) is 12.8 Å². The molecule has 0 aromatic rings. The van der Waals surface area contributed by atoms with Crippen molar-refractivity contribution in [1.29, 1.82) is 0 Å². The number of hydrogen-bond acceptors (Lipinski definition) is 8. The smallest absolute Gasteiger partial charge is 0.472 e. The number of carboxylic acids is 1. The number of carbonyl (C=O) groups is 3. The number of aliphatic hydroxyl groups is 1. The number of rotatable bonds is 44. The third kappa shape index (κ3) is 45.0. The molecular formula is C51H86NO10P. The quantitative estimate of drug-likeness (QED) is 0.0200. The van der Waals surface area contributed by atoms with Crippen LogP contribution in [0.1, 0.15) is 187 Å². The second kappa shape index (κ2) is 45.2. The predicted octanol–water partition coefficient (Wildman–Crippen LogP) is 13.1. The van der Waals surface area contributed by atoms with E-state index in [1.165, 1.54) is 51.4 Å². The van der Waals surface area contributed by atoms with Crippen molar-refractivity contribution in [3.8, 4) is 0 Å². The number of esters is 1. The van der Waals surface area contributed by atoms with Crippen LogP contribution in [-0.4, -0.2) is 64.9 Å². The molecule has 63 heavy (non-hydrogen) atoms. The molecule has 0 rings (SSSR count). The first-order chi connectivity index (χ1) is 30.6. The molecule has 0 saturated heterocycles. The summed E-state index contributed by atoms with van der Waals surface area (Å²) in [6.45, 7) is 2.44. The van der Waals surface area contributed by atoms with E-state index >= 15 is 0 Å². The lowest BCUT2D eigenvalue weighted by atomic mass is 10.1. The number of ether oxygens (including phenoxy) is 1. The number of hydrogen-bond donors (Lipinski definition) is 4. The molecule has 0 radical (unpaired) electrons. The van der Waals surface area contributed by atoms with Crippen molar-refractivity contribution in [2.24, 2.45) is 0 Å². The van der Waals surface area contributed by atoms with Gasteiger partial charge >= 0.3 is 19.8 Å². The molecule has 0 aromatic heterocycles. The molecule has 0 aliphatic rings. The second-order valence-electron chi connectivity index (χ2n) is 15.9. The zero-order valence-corrected chi connectivity index (χ0v) is 40.0. The van der Waals surface area contributed by atoms with Gasteiger partial charge in [-0.25, -0.2) is 9.36 Å². The fourth-order valence-corrected chi connectivity index (χ4v) is 6.97. The fourth-order valence-electron chi connectivity index (χ4n) is 6.19. The summed E-state index contributed by atoms with van der Waals surface area (Å²) >= 11 is 0. The minimum Gasteiger partial charge on any atom is -0.480 e. The Hall–Kier alpha value is -3.34. The molecule has 1 amide bonds. The van der Waals surface area contributed by atoms with E-state index in [1.54, 1.807) is 0 Å². The molecule has 4 N–H and O–H groups in total. The minimum atomic E-state index is -4.77. The van der Waals surface area contributed by atoms with Crippen LogP contribution in [0.2, 0.25) is 0 Å². The van der Waals surface area contributed by atoms with Crippen molar-refractivity contribution in [2.45, 2.75) is 199 Å². The largest absolute Gasteiger partial charge is 0.480 e. The minimum absolute atomic E-state index is 0.118. The van der Waals surface area contributed by atoms with Crippen molar-refractivity contribution in [2.75, 3.05) is 19.8 Å². The first-order valence-electron chi connectivity index (χ1n) is 24.1. The summed E-state index contributed by atoms with van der Waals surface area (Å²) in [6.07, 6.45) is 55.9. The molecule has 0 aliphatic heterocycles. The molecule has 11 nitrogen and oxygen atoms in total. The van der Waals surface area contributed by atoms with Gasteiger partial charge in [0, 0.05) is 12.8 Å². The van der Waals surface area contributed by atoms with Crippen molar-refractivity contribution in [1.82, 2.24) is 5.32 Å². The molecule has 12 heteroatoms. The number of carbonyl (C=O) groups excluding carboxylic acids is 2. The van der Waals surface area contributed by atoms with Gasteiger partial charge in [-0.2, -0.15) is 0 Å². The second-order valence-corrected chi connectivity index (χ2v) is 17.4. The first-order valence-corrected chi connectivity index (χ1v) is 25.6. The average Bonchev–Trinajstić information content (AvgIpc) is 3.26. The Balaban J connectivity index is 3.93. The Morgan fingerprint density at radius 3 is 1.38 bits per heavy atom. The molecule has 0 fully saturated rings. The highest BCUT2D eigenvalue weighted by Gasteiger charge is 2.28. The van der Waals surface area contributed by atoms with Gasteiger partial charge in [0.25, 0.3) is 0 Å². The summed E-state index contributed by atoms with van der Waals surface area (Å²) in [5, 5.41) is 21.9. The van der Waals surface area contributed by atoms with Gasteiger partial charge in [-0.05, 0) is 89.9 Å². The van der Waals surface area contributed by atoms with Crippen LogP contribution in [0.4, 0.5) is 0 Å². The van der Waals surface area contributed by atoms with Gasteiger partial charge in [0.1, 0.15) is 12.7 Å². The van der Waals surface area contributed by atoms with Gasteiger partial charge in [0.2, 0.25) is 5.91 Å². The number of aliphatic carboxylic acids is 1. The third-order valence-corrected chi connectivity index (χ3v) is 10.9. The van der Waals surface area contributed by atoms with Crippen molar-refractivity contribution in [3.63, 3.8) is 0 Å². The third-order valence-electron chi connectivity index (χ3n) is 9.92. The van der Waals surface area contributed by atoms with Gasteiger partial charge in [0.15, 0.2) is 6.04 Å². The van der Waals surface area contributed by atoms with Crippen LogP contribution in [0.5, 0.6) is 0 Å². The summed E-state index contributed by atoms with van der Waals surface area (Å²) in [5.74, 6) is -2.42. The number of carboxylic acid groups (broad SMARTS) is 1.